The molecule has 21 heavy (non-hydrogen) atoms. The van der Waals surface area contributed by atoms with Crippen LogP contribution >= 0.6 is 15.9 Å². The molecule has 1 aliphatic heterocycles. The third kappa shape index (κ3) is 3.36. The predicted octanol–water partition coefficient (Wildman–Crippen LogP) is 2.29. The number of aliphatic carboxylic acids is 1. The average molecular weight is 356 g/mol. The summed E-state index contributed by atoms with van der Waals surface area (Å²) in [7, 11) is 0. The van der Waals surface area contributed by atoms with Crippen molar-refractivity contribution in [2.75, 3.05) is 19.7 Å². The Balaban J connectivity index is 2.01. The monoisotopic (exact) mass is 355 g/mol. The van der Waals surface area contributed by atoms with Crippen molar-refractivity contribution < 1.29 is 24.2 Å². The van der Waals surface area contributed by atoms with E-state index in [1.54, 1.807) is 24.3 Å². The lowest BCUT2D eigenvalue weighted by molar-refractivity contribution is -0.169. The lowest BCUT2D eigenvalue weighted by atomic mass is 9.94. The Kier molecular flexibility index (Phi) is 4.52. The maximum Gasteiger partial charge on any atom is 0.410 e. The lowest BCUT2D eigenvalue weighted by Gasteiger charge is -2.45. The van der Waals surface area contributed by atoms with E-state index in [9.17, 15) is 14.7 Å². The van der Waals surface area contributed by atoms with Crippen LogP contribution < -0.4 is 4.74 Å². The van der Waals surface area contributed by atoms with Crippen LogP contribution in [0.15, 0.2) is 41.4 Å². The topological polar surface area (TPSA) is 76.1 Å². The summed E-state index contributed by atoms with van der Waals surface area (Å²) in [6.45, 7) is 3.40. The van der Waals surface area contributed by atoms with Crippen molar-refractivity contribution >= 4 is 28.0 Å². The molecule has 1 aliphatic rings. The molecule has 0 bridgehead atoms. The molecular weight excluding hydrogens is 342 g/mol. The highest BCUT2D eigenvalue weighted by atomic mass is 79.9. The third-order valence-corrected chi connectivity index (χ3v) is 3.52. The van der Waals surface area contributed by atoms with Crippen molar-refractivity contribution in [2.24, 2.45) is 0 Å². The number of hydrogen-bond acceptors (Lipinski definition) is 4. The number of benzene rings is 1. The van der Waals surface area contributed by atoms with Crippen LogP contribution in [0.4, 0.5) is 4.79 Å². The zero-order valence-electron chi connectivity index (χ0n) is 11.1. The molecule has 1 fully saturated rings. The van der Waals surface area contributed by atoms with E-state index in [0.717, 1.165) is 4.47 Å². The maximum atomic E-state index is 11.6. The number of carboxylic acid groups (broad SMARTS) is 1. The Bertz CT molecular complexity index is 551. The van der Waals surface area contributed by atoms with E-state index >= 15 is 0 Å². The van der Waals surface area contributed by atoms with Crippen LogP contribution in [0.3, 0.4) is 0 Å². The van der Waals surface area contributed by atoms with Gasteiger partial charge in [-0.2, -0.15) is 0 Å². The zero-order valence-corrected chi connectivity index (χ0v) is 12.7. The second-order valence-electron chi connectivity index (χ2n) is 4.58. The fraction of sp³-hybridized carbons (Fsp3) is 0.286. The van der Waals surface area contributed by atoms with Crippen molar-refractivity contribution in [1.82, 2.24) is 4.90 Å². The zero-order chi connectivity index (χ0) is 15.5. The molecule has 1 N–H and O–H groups in total. The Morgan fingerprint density at radius 2 is 2.00 bits per heavy atom. The molecule has 0 saturated carbocycles. The summed E-state index contributed by atoms with van der Waals surface area (Å²) in [5.74, 6) is -0.683. The molecule has 0 spiro atoms. The largest absolute Gasteiger partial charge is 0.478 e. The molecule has 112 valence electrons. The first-order valence-electron chi connectivity index (χ1n) is 6.17. The number of carbonyl (C=O) groups excluding carboxylic acids is 1. The molecule has 6 nitrogen and oxygen atoms in total. The first-order valence-corrected chi connectivity index (χ1v) is 6.97. The van der Waals surface area contributed by atoms with Crippen molar-refractivity contribution in [3.05, 3.63) is 41.4 Å². The van der Waals surface area contributed by atoms with Crippen molar-refractivity contribution in [2.45, 2.75) is 5.60 Å². The highest BCUT2D eigenvalue weighted by molar-refractivity contribution is 9.10. The average Bonchev–Trinajstić information content (AvgIpc) is 2.41. The van der Waals surface area contributed by atoms with Crippen LogP contribution in [0.2, 0.25) is 0 Å². The Labute approximate surface area is 130 Å². The van der Waals surface area contributed by atoms with Crippen LogP contribution in [0.5, 0.6) is 5.75 Å². The number of likely N-dealkylation sites (tertiary alicyclic amines) is 1. The first-order chi connectivity index (χ1) is 9.97. The summed E-state index contributed by atoms with van der Waals surface area (Å²) in [4.78, 5) is 24.3. The summed E-state index contributed by atoms with van der Waals surface area (Å²) in [5.41, 5.74) is -1.43. The molecule has 2 rings (SSSR count). The third-order valence-electron chi connectivity index (χ3n) is 2.99. The van der Waals surface area contributed by atoms with Crippen LogP contribution in [0.1, 0.15) is 0 Å². The molecule has 0 unspecified atom stereocenters. The molecule has 1 aromatic rings. The number of rotatable bonds is 5. The van der Waals surface area contributed by atoms with Gasteiger partial charge in [0, 0.05) is 4.47 Å². The highest BCUT2D eigenvalue weighted by Gasteiger charge is 2.54. The molecular formula is C14H14BrNO5. The van der Waals surface area contributed by atoms with Crippen LogP contribution in [-0.4, -0.2) is 47.4 Å². The number of carboxylic acids is 1. The minimum absolute atomic E-state index is 0.0611. The first kappa shape index (κ1) is 15.4. The standard InChI is InChI=1S/C14H14BrNO5/c1-2-7-20-13(19)16-8-14(9-16,12(17)18)21-11-5-3-10(15)4-6-11/h2-6H,1,7-9H2,(H,17,18). The molecule has 0 aromatic heterocycles. The smallest absolute Gasteiger partial charge is 0.410 e. The maximum absolute atomic E-state index is 11.6. The number of amides is 1. The van der Waals surface area contributed by atoms with E-state index in [4.69, 9.17) is 9.47 Å². The predicted molar refractivity (Wildman–Crippen MR) is 78.3 cm³/mol. The summed E-state index contributed by atoms with van der Waals surface area (Å²) < 4.78 is 11.3. The van der Waals surface area contributed by atoms with E-state index in [-0.39, 0.29) is 19.7 Å². The van der Waals surface area contributed by atoms with Gasteiger partial charge in [-0.1, -0.05) is 28.6 Å². The molecule has 0 atom stereocenters. The van der Waals surface area contributed by atoms with Crippen molar-refractivity contribution in [3.63, 3.8) is 0 Å². The van der Waals surface area contributed by atoms with E-state index in [1.165, 1.54) is 11.0 Å². The quantitative estimate of drug-likeness (QED) is 0.820. The normalized spacial score (nSPS) is 15.8. The SMILES string of the molecule is C=CCOC(=O)N1CC(Oc2ccc(Br)cc2)(C(=O)O)C1. The lowest BCUT2D eigenvalue weighted by Crippen LogP contribution is -2.70. The molecule has 1 saturated heterocycles. The molecule has 0 radical (unpaired) electrons. The molecule has 1 heterocycles. The number of carbonyl (C=O) groups is 2. The van der Waals surface area contributed by atoms with Crippen LogP contribution in [0, 0.1) is 0 Å². The van der Waals surface area contributed by atoms with Gasteiger partial charge in [0.05, 0.1) is 13.1 Å². The van der Waals surface area contributed by atoms with E-state index < -0.39 is 17.7 Å². The molecule has 1 aromatic carbocycles. The fourth-order valence-electron chi connectivity index (χ4n) is 1.89. The Hall–Kier alpha value is -2.02. The van der Waals surface area contributed by atoms with Crippen LogP contribution in [0.25, 0.3) is 0 Å². The Morgan fingerprint density at radius 1 is 1.38 bits per heavy atom. The second kappa shape index (κ2) is 6.17. The van der Waals surface area contributed by atoms with Gasteiger partial charge in [0.25, 0.3) is 0 Å². The minimum atomic E-state index is -1.43. The van der Waals surface area contributed by atoms with Crippen LogP contribution in [-0.2, 0) is 9.53 Å². The Morgan fingerprint density at radius 3 is 2.52 bits per heavy atom. The summed E-state index contributed by atoms with van der Waals surface area (Å²) in [6, 6.07) is 6.82. The van der Waals surface area contributed by atoms with E-state index in [0.29, 0.717) is 5.75 Å². The van der Waals surface area contributed by atoms with Gasteiger partial charge in [0.1, 0.15) is 12.4 Å². The van der Waals surface area contributed by atoms with E-state index in [2.05, 4.69) is 22.5 Å². The fourth-order valence-corrected chi connectivity index (χ4v) is 2.16. The minimum Gasteiger partial charge on any atom is -0.478 e. The number of hydrogen-bond donors (Lipinski definition) is 1. The van der Waals surface area contributed by atoms with Gasteiger partial charge in [-0.15, -0.1) is 0 Å². The van der Waals surface area contributed by atoms with Gasteiger partial charge >= 0.3 is 12.1 Å². The molecule has 0 aliphatic carbocycles. The highest BCUT2D eigenvalue weighted by Crippen LogP contribution is 2.29. The van der Waals surface area contributed by atoms with Crippen molar-refractivity contribution in [3.8, 4) is 5.75 Å². The molecule has 7 heteroatoms. The number of nitrogens with zero attached hydrogens (tertiary/aromatic N) is 1. The summed E-state index contributed by atoms with van der Waals surface area (Å²) in [5, 5.41) is 9.35. The van der Waals surface area contributed by atoms with Gasteiger partial charge in [0.2, 0.25) is 5.60 Å². The van der Waals surface area contributed by atoms with E-state index in [1.807, 2.05) is 0 Å². The second-order valence-corrected chi connectivity index (χ2v) is 5.49. The summed E-state index contributed by atoms with van der Waals surface area (Å²) in [6.07, 6.45) is 0.867. The van der Waals surface area contributed by atoms with Gasteiger partial charge in [0.15, 0.2) is 0 Å². The van der Waals surface area contributed by atoms with Gasteiger partial charge in [-0.25, -0.2) is 9.59 Å². The van der Waals surface area contributed by atoms with Crippen molar-refractivity contribution in [1.29, 1.82) is 0 Å². The molecule has 1 amide bonds. The number of halogens is 1. The summed E-state index contributed by atoms with van der Waals surface area (Å²) >= 11 is 3.29. The van der Waals surface area contributed by atoms with Gasteiger partial charge in [-0.3, -0.25) is 4.90 Å². The van der Waals surface area contributed by atoms with Gasteiger partial charge in [-0.05, 0) is 24.3 Å². The van der Waals surface area contributed by atoms with Gasteiger partial charge < -0.3 is 14.6 Å². The number of ether oxygens (including phenoxy) is 2.